The number of hydrogen-bond acceptors (Lipinski definition) is 4. The lowest BCUT2D eigenvalue weighted by atomic mass is 9.93. The van der Waals surface area contributed by atoms with Gasteiger partial charge in [0, 0.05) is 18.0 Å². The van der Waals surface area contributed by atoms with Gasteiger partial charge < -0.3 is 4.74 Å². The minimum absolute atomic E-state index is 0.194. The summed E-state index contributed by atoms with van der Waals surface area (Å²) in [5.41, 5.74) is 6.11. The van der Waals surface area contributed by atoms with Crippen LogP contribution in [0.5, 0.6) is 0 Å². The molecule has 2 aromatic carbocycles. The third kappa shape index (κ3) is 3.82. The number of carbonyl (C=O) groups is 2. The summed E-state index contributed by atoms with van der Waals surface area (Å²) in [4.78, 5) is 24.8. The number of ether oxygens (including phenoxy) is 1. The second-order valence-electron chi connectivity index (χ2n) is 6.61. The molecular weight excluding hydrogens is 340 g/mol. The Kier molecular flexibility index (Phi) is 5.21. The molecule has 0 unspecified atom stereocenters. The highest BCUT2D eigenvalue weighted by atomic mass is 16.5. The lowest BCUT2D eigenvalue weighted by Gasteiger charge is -2.13. The fourth-order valence-electron chi connectivity index (χ4n) is 2.97. The lowest BCUT2D eigenvalue weighted by molar-refractivity contribution is 0.0474. The largest absolute Gasteiger partial charge is 0.454 e. The topological polar surface area (TPSA) is 61.2 Å². The second kappa shape index (κ2) is 7.58. The monoisotopic (exact) mass is 362 g/mol. The molecule has 0 radical (unpaired) electrons. The van der Waals surface area contributed by atoms with E-state index in [1.807, 2.05) is 46.0 Å². The zero-order valence-corrected chi connectivity index (χ0v) is 15.9. The molecule has 3 aromatic rings. The summed E-state index contributed by atoms with van der Waals surface area (Å²) in [7, 11) is 0. The van der Waals surface area contributed by atoms with Gasteiger partial charge in [0.25, 0.3) is 0 Å². The quantitative estimate of drug-likeness (QED) is 0.505. The standard InChI is InChI=1S/C22H22N2O3/c1-14-12-20(17(4)16(3)15(14)2)21(25)13-27-22(26)18-6-8-19(9-7-18)24-11-5-10-23-24/h5-12H,13H2,1-4H3. The highest BCUT2D eigenvalue weighted by Gasteiger charge is 2.16. The first-order valence-corrected chi connectivity index (χ1v) is 8.76. The van der Waals surface area contributed by atoms with Crippen molar-refractivity contribution in [2.45, 2.75) is 27.7 Å². The van der Waals surface area contributed by atoms with Gasteiger partial charge in [-0.1, -0.05) is 0 Å². The SMILES string of the molecule is Cc1cc(C(=O)COC(=O)c2ccc(-n3cccn3)cc2)c(C)c(C)c1C. The molecule has 27 heavy (non-hydrogen) atoms. The van der Waals surface area contributed by atoms with Crippen molar-refractivity contribution in [3.8, 4) is 5.69 Å². The zero-order chi connectivity index (χ0) is 19.6. The van der Waals surface area contributed by atoms with Crippen molar-refractivity contribution in [1.29, 1.82) is 0 Å². The van der Waals surface area contributed by atoms with Crippen molar-refractivity contribution in [3.63, 3.8) is 0 Å². The van der Waals surface area contributed by atoms with Crippen LogP contribution in [-0.2, 0) is 4.74 Å². The van der Waals surface area contributed by atoms with Crippen LogP contribution >= 0.6 is 0 Å². The maximum Gasteiger partial charge on any atom is 0.338 e. The van der Waals surface area contributed by atoms with Crippen molar-refractivity contribution in [3.05, 3.63) is 82.2 Å². The van der Waals surface area contributed by atoms with Gasteiger partial charge in [0.15, 0.2) is 6.61 Å². The average Bonchev–Trinajstić information content (AvgIpc) is 3.22. The molecular formula is C22H22N2O3. The third-order valence-corrected chi connectivity index (χ3v) is 4.99. The van der Waals surface area contributed by atoms with Crippen LogP contribution in [0.4, 0.5) is 0 Å². The van der Waals surface area contributed by atoms with Gasteiger partial charge in [-0.15, -0.1) is 0 Å². The Morgan fingerprint density at radius 2 is 1.70 bits per heavy atom. The Hall–Kier alpha value is -3.21. The summed E-state index contributed by atoms with van der Waals surface area (Å²) >= 11 is 0. The van der Waals surface area contributed by atoms with Gasteiger partial charge in [-0.05, 0) is 86.3 Å². The van der Waals surface area contributed by atoms with E-state index in [0.29, 0.717) is 11.1 Å². The molecule has 0 aliphatic rings. The van der Waals surface area contributed by atoms with Crippen LogP contribution in [0.2, 0.25) is 0 Å². The van der Waals surface area contributed by atoms with Crippen molar-refractivity contribution < 1.29 is 14.3 Å². The Balaban J connectivity index is 1.68. The molecule has 0 amide bonds. The van der Waals surface area contributed by atoms with Crippen molar-refractivity contribution >= 4 is 11.8 Å². The number of hydrogen-bond donors (Lipinski definition) is 0. The van der Waals surface area contributed by atoms with Gasteiger partial charge in [-0.2, -0.15) is 5.10 Å². The van der Waals surface area contributed by atoms with Gasteiger partial charge in [-0.25, -0.2) is 9.48 Å². The molecule has 5 heteroatoms. The molecule has 0 aliphatic carbocycles. The summed E-state index contributed by atoms with van der Waals surface area (Å²) in [6.45, 7) is 7.67. The maximum atomic E-state index is 12.5. The molecule has 0 saturated carbocycles. The van der Waals surface area contributed by atoms with Crippen molar-refractivity contribution in [2.24, 2.45) is 0 Å². The van der Waals surface area contributed by atoms with Gasteiger partial charge in [-0.3, -0.25) is 4.79 Å². The van der Waals surface area contributed by atoms with Crippen LogP contribution in [-0.4, -0.2) is 28.1 Å². The average molecular weight is 362 g/mol. The van der Waals surface area contributed by atoms with Crippen molar-refractivity contribution in [1.82, 2.24) is 9.78 Å². The number of nitrogens with zero attached hydrogens (tertiary/aromatic N) is 2. The first-order chi connectivity index (χ1) is 12.9. The molecule has 138 valence electrons. The summed E-state index contributed by atoms with van der Waals surface area (Å²) in [6, 6.07) is 10.6. The summed E-state index contributed by atoms with van der Waals surface area (Å²) < 4.78 is 6.93. The van der Waals surface area contributed by atoms with Gasteiger partial charge in [0.05, 0.1) is 11.3 Å². The summed E-state index contributed by atoms with van der Waals surface area (Å²) in [5, 5.41) is 4.14. The van der Waals surface area contributed by atoms with E-state index < -0.39 is 5.97 Å². The van der Waals surface area contributed by atoms with Crippen LogP contribution in [0, 0.1) is 27.7 Å². The summed E-state index contributed by atoms with van der Waals surface area (Å²) in [6.07, 6.45) is 3.50. The highest BCUT2D eigenvalue weighted by molar-refractivity contribution is 6.01. The van der Waals surface area contributed by atoms with Crippen LogP contribution in [0.15, 0.2) is 48.8 Å². The lowest BCUT2D eigenvalue weighted by Crippen LogP contribution is -2.16. The van der Waals surface area contributed by atoms with E-state index in [4.69, 9.17) is 4.74 Å². The van der Waals surface area contributed by atoms with Gasteiger partial charge in [0.2, 0.25) is 5.78 Å². The first kappa shape index (κ1) is 18.6. The Bertz CT molecular complexity index is 987. The van der Waals surface area contributed by atoms with E-state index in [9.17, 15) is 9.59 Å². The van der Waals surface area contributed by atoms with E-state index >= 15 is 0 Å². The van der Waals surface area contributed by atoms with E-state index in [0.717, 1.165) is 22.4 Å². The summed E-state index contributed by atoms with van der Waals surface area (Å²) in [5.74, 6) is -0.714. The molecule has 0 N–H and O–H groups in total. The van der Waals surface area contributed by atoms with Crippen LogP contribution in [0.25, 0.3) is 5.69 Å². The molecule has 1 aromatic heterocycles. The normalized spacial score (nSPS) is 10.7. The van der Waals surface area contributed by atoms with Crippen LogP contribution < -0.4 is 0 Å². The minimum Gasteiger partial charge on any atom is -0.454 e. The predicted octanol–water partition coefficient (Wildman–Crippen LogP) is 4.15. The van der Waals surface area contributed by atoms with E-state index in [-0.39, 0.29) is 12.4 Å². The predicted molar refractivity (Wildman–Crippen MR) is 104 cm³/mol. The minimum atomic E-state index is -0.520. The Morgan fingerprint density at radius 3 is 2.33 bits per heavy atom. The number of Topliss-reactive ketones (excluding diaryl/α,β-unsaturated/α-hetero) is 1. The Morgan fingerprint density at radius 1 is 1.00 bits per heavy atom. The number of rotatable bonds is 5. The molecule has 0 fully saturated rings. The smallest absolute Gasteiger partial charge is 0.338 e. The van der Waals surface area contributed by atoms with Crippen LogP contribution in [0.1, 0.15) is 43.0 Å². The maximum absolute atomic E-state index is 12.5. The second-order valence-corrected chi connectivity index (χ2v) is 6.61. The zero-order valence-electron chi connectivity index (χ0n) is 15.9. The fourth-order valence-corrected chi connectivity index (χ4v) is 2.97. The molecule has 3 rings (SSSR count). The number of carbonyl (C=O) groups excluding carboxylic acids is 2. The third-order valence-electron chi connectivity index (χ3n) is 4.99. The molecule has 0 bridgehead atoms. The molecule has 5 nitrogen and oxygen atoms in total. The fraction of sp³-hybridized carbons (Fsp3) is 0.227. The number of ketones is 1. The molecule has 0 atom stereocenters. The first-order valence-electron chi connectivity index (χ1n) is 8.76. The van der Waals surface area contributed by atoms with Crippen LogP contribution in [0.3, 0.4) is 0 Å². The number of aromatic nitrogens is 2. The van der Waals surface area contributed by atoms with Gasteiger partial charge in [0.1, 0.15) is 0 Å². The van der Waals surface area contributed by atoms with E-state index in [1.54, 1.807) is 35.1 Å². The van der Waals surface area contributed by atoms with Crippen molar-refractivity contribution in [2.75, 3.05) is 6.61 Å². The van der Waals surface area contributed by atoms with Gasteiger partial charge >= 0.3 is 5.97 Å². The molecule has 1 heterocycles. The van der Waals surface area contributed by atoms with E-state index in [1.165, 1.54) is 5.56 Å². The number of esters is 1. The highest BCUT2D eigenvalue weighted by Crippen LogP contribution is 2.21. The molecule has 0 aliphatic heterocycles. The Labute approximate surface area is 158 Å². The molecule has 0 saturated heterocycles. The number of aryl methyl sites for hydroxylation is 1. The number of benzene rings is 2. The molecule has 0 spiro atoms. The van der Waals surface area contributed by atoms with E-state index in [2.05, 4.69) is 5.10 Å².